The molecule has 4 heteroatoms. The van der Waals surface area contributed by atoms with Crippen LogP contribution in [0.4, 0.5) is 5.69 Å². The molecular weight excluding hydrogens is 206 g/mol. The molecule has 4 nitrogen and oxygen atoms in total. The van der Waals surface area contributed by atoms with Gasteiger partial charge in [-0.3, -0.25) is 4.48 Å². The van der Waals surface area contributed by atoms with Crippen LogP contribution >= 0.6 is 0 Å². The summed E-state index contributed by atoms with van der Waals surface area (Å²) in [4.78, 5) is 0. The average molecular weight is 226 g/mol. The molecule has 0 heterocycles. The van der Waals surface area contributed by atoms with Gasteiger partial charge in [-0.1, -0.05) is 0 Å². The normalized spacial score (nSPS) is 11.1. The zero-order chi connectivity index (χ0) is 12.3. The molecule has 0 saturated carbocycles. The second kappa shape index (κ2) is 4.61. The van der Waals surface area contributed by atoms with Gasteiger partial charge in [-0.25, -0.2) is 0 Å². The van der Waals surface area contributed by atoms with Crippen molar-refractivity contribution in [1.82, 2.24) is 4.48 Å². The summed E-state index contributed by atoms with van der Waals surface area (Å²) in [6, 6.07) is 3.88. The van der Waals surface area contributed by atoms with Crippen molar-refractivity contribution in [2.24, 2.45) is 0 Å². The van der Waals surface area contributed by atoms with Crippen molar-refractivity contribution >= 4 is 5.69 Å². The van der Waals surface area contributed by atoms with Gasteiger partial charge in [-0.2, -0.15) is 0 Å². The van der Waals surface area contributed by atoms with E-state index in [9.17, 15) is 0 Å². The standard InChI is InChI=1S/C12H20NO3/c1-13(2,3)9-7-8-10(14-4)12(16-6)11(9)15-5/h7-8H,1-6H3/q+1. The lowest BCUT2D eigenvalue weighted by Gasteiger charge is -2.26. The third-order valence-corrected chi connectivity index (χ3v) is 2.41. The van der Waals surface area contributed by atoms with Gasteiger partial charge in [-0.05, 0) is 6.07 Å². The number of nitrogens with zero attached hydrogens (tertiary/aromatic N) is 1. The maximum absolute atomic E-state index is 5.42. The van der Waals surface area contributed by atoms with Gasteiger partial charge in [0.2, 0.25) is 11.5 Å². The number of hydrogen-bond acceptors (Lipinski definition) is 3. The summed E-state index contributed by atoms with van der Waals surface area (Å²) in [6.07, 6.45) is 0. The molecule has 0 aliphatic heterocycles. The van der Waals surface area contributed by atoms with E-state index in [1.165, 1.54) is 0 Å². The van der Waals surface area contributed by atoms with Crippen LogP contribution in [0.3, 0.4) is 0 Å². The highest BCUT2D eigenvalue weighted by Gasteiger charge is 2.24. The van der Waals surface area contributed by atoms with Crippen molar-refractivity contribution in [1.29, 1.82) is 0 Å². The molecule has 0 unspecified atom stereocenters. The predicted molar refractivity (Wildman–Crippen MR) is 65.7 cm³/mol. The minimum atomic E-state index is 0.635. The Hall–Kier alpha value is -1.42. The molecule has 0 N–H and O–H groups in total. The Kier molecular flexibility index (Phi) is 3.65. The minimum absolute atomic E-state index is 0.635. The first-order valence-corrected chi connectivity index (χ1v) is 5.06. The molecule has 0 atom stereocenters. The summed E-state index contributed by atoms with van der Waals surface area (Å²) in [5.74, 6) is 2.03. The van der Waals surface area contributed by atoms with E-state index in [0.29, 0.717) is 21.7 Å². The molecule has 0 bridgehead atoms. The summed E-state index contributed by atoms with van der Waals surface area (Å²) in [5, 5.41) is 0. The minimum Gasteiger partial charge on any atom is -0.493 e. The fraction of sp³-hybridized carbons (Fsp3) is 0.500. The van der Waals surface area contributed by atoms with Gasteiger partial charge < -0.3 is 14.2 Å². The van der Waals surface area contributed by atoms with Gasteiger partial charge in [-0.15, -0.1) is 0 Å². The first kappa shape index (κ1) is 12.6. The van der Waals surface area contributed by atoms with Gasteiger partial charge in [0.1, 0.15) is 0 Å². The molecule has 1 rings (SSSR count). The summed E-state index contributed by atoms with van der Waals surface area (Å²) in [5.41, 5.74) is 1.04. The highest BCUT2D eigenvalue weighted by atomic mass is 16.5. The van der Waals surface area contributed by atoms with E-state index in [0.717, 1.165) is 5.69 Å². The van der Waals surface area contributed by atoms with Gasteiger partial charge in [0.05, 0.1) is 42.5 Å². The van der Waals surface area contributed by atoms with Crippen molar-refractivity contribution in [2.75, 3.05) is 42.5 Å². The van der Waals surface area contributed by atoms with Crippen LogP contribution in [0.2, 0.25) is 0 Å². The van der Waals surface area contributed by atoms with E-state index >= 15 is 0 Å². The largest absolute Gasteiger partial charge is 0.493 e. The molecule has 0 fully saturated rings. The van der Waals surface area contributed by atoms with Crippen LogP contribution in [0.25, 0.3) is 0 Å². The van der Waals surface area contributed by atoms with E-state index in [2.05, 4.69) is 21.1 Å². The van der Waals surface area contributed by atoms with Crippen molar-refractivity contribution in [3.8, 4) is 17.2 Å². The highest BCUT2D eigenvalue weighted by molar-refractivity contribution is 5.67. The van der Waals surface area contributed by atoms with Crippen LogP contribution in [0.15, 0.2) is 12.1 Å². The first-order chi connectivity index (χ1) is 7.45. The van der Waals surface area contributed by atoms with E-state index in [-0.39, 0.29) is 0 Å². The molecule has 0 aromatic heterocycles. The molecule has 0 amide bonds. The van der Waals surface area contributed by atoms with Crippen LogP contribution in [-0.2, 0) is 0 Å². The van der Waals surface area contributed by atoms with Crippen LogP contribution in [0.1, 0.15) is 0 Å². The lowest BCUT2D eigenvalue weighted by molar-refractivity contribution is 0.318. The van der Waals surface area contributed by atoms with E-state index in [4.69, 9.17) is 14.2 Å². The fourth-order valence-corrected chi connectivity index (χ4v) is 1.61. The van der Waals surface area contributed by atoms with E-state index in [1.54, 1.807) is 21.3 Å². The molecule has 16 heavy (non-hydrogen) atoms. The Morgan fingerprint density at radius 3 is 1.75 bits per heavy atom. The Labute approximate surface area is 96.9 Å². The Balaban J connectivity index is 3.43. The van der Waals surface area contributed by atoms with Gasteiger partial charge in [0, 0.05) is 6.07 Å². The zero-order valence-electron chi connectivity index (χ0n) is 10.8. The monoisotopic (exact) mass is 226 g/mol. The Morgan fingerprint density at radius 2 is 1.38 bits per heavy atom. The van der Waals surface area contributed by atoms with Crippen LogP contribution in [-0.4, -0.2) is 42.5 Å². The van der Waals surface area contributed by atoms with Crippen LogP contribution in [0, 0.1) is 0 Å². The van der Waals surface area contributed by atoms with Crippen LogP contribution < -0.4 is 18.7 Å². The third kappa shape index (κ3) is 2.22. The molecule has 0 aliphatic carbocycles. The van der Waals surface area contributed by atoms with Crippen molar-refractivity contribution < 1.29 is 14.2 Å². The summed E-state index contributed by atoms with van der Waals surface area (Å²) in [6.45, 7) is 0. The third-order valence-electron chi connectivity index (χ3n) is 2.41. The molecule has 0 aliphatic rings. The molecule has 0 radical (unpaired) electrons. The molecule has 1 aromatic carbocycles. The SMILES string of the molecule is COc1ccc([N+](C)(C)C)c(OC)c1OC. The second-order valence-electron chi connectivity index (χ2n) is 4.37. The fourth-order valence-electron chi connectivity index (χ4n) is 1.61. The number of quaternary nitrogens is 1. The summed E-state index contributed by atoms with van der Waals surface area (Å²) >= 11 is 0. The molecule has 90 valence electrons. The summed E-state index contributed by atoms with van der Waals surface area (Å²) < 4.78 is 16.6. The van der Waals surface area contributed by atoms with E-state index in [1.807, 2.05) is 12.1 Å². The van der Waals surface area contributed by atoms with Crippen molar-refractivity contribution in [3.05, 3.63) is 12.1 Å². The van der Waals surface area contributed by atoms with Gasteiger partial charge in [0.15, 0.2) is 11.4 Å². The zero-order valence-corrected chi connectivity index (χ0v) is 10.8. The quantitative estimate of drug-likeness (QED) is 0.734. The Bertz CT molecular complexity index is 369. The number of methoxy groups -OCH3 is 3. The lowest BCUT2D eigenvalue weighted by atomic mass is 10.2. The lowest BCUT2D eigenvalue weighted by Crippen LogP contribution is -2.35. The topological polar surface area (TPSA) is 27.7 Å². The predicted octanol–water partition coefficient (Wildman–Crippen LogP) is 1.91. The van der Waals surface area contributed by atoms with Crippen molar-refractivity contribution in [2.45, 2.75) is 0 Å². The molecule has 0 saturated heterocycles. The number of hydrogen-bond donors (Lipinski definition) is 0. The van der Waals surface area contributed by atoms with Gasteiger partial charge >= 0.3 is 0 Å². The number of rotatable bonds is 4. The van der Waals surface area contributed by atoms with E-state index < -0.39 is 0 Å². The molecular formula is C12H20NO3+. The second-order valence-corrected chi connectivity index (χ2v) is 4.37. The number of benzene rings is 1. The average Bonchev–Trinajstić information content (AvgIpc) is 2.25. The van der Waals surface area contributed by atoms with Crippen molar-refractivity contribution in [3.63, 3.8) is 0 Å². The Morgan fingerprint density at radius 1 is 0.812 bits per heavy atom. The smallest absolute Gasteiger partial charge is 0.226 e. The molecule has 1 aromatic rings. The summed E-state index contributed by atoms with van der Waals surface area (Å²) in [7, 11) is 11.1. The van der Waals surface area contributed by atoms with Crippen LogP contribution in [0.5, 0.6) is 17.2 Å². The number of ether oxygens (including phenoxy) is 3. The maximum Gasteiger partial charge on any atom is 0.226 e. The maximum atomic E-state index is 5.42. The first-order valence-electron chi connectivity index (χ1n) is 5.06. The highest BCUT2D eigenvalue weighted by Crippen LogP contribution is 2.44. The molecule has 0 spiro atoms. The van der Waals surface area contributed by atoms with Gasteiger partial charge in [0.25, 0.3) is 0 Å².